The molecule has 4 atom stereocenters. The number of carbonyl (C=O) groups excluding carboxylic acids is 5. The van der Waals surface area contributed by atoms with Gasteiger partial charge in [0.1, 0.15) is 29.9 Å². The van der Waals surface area contributed by atoms with E-state index in [1.54, 1.807) is 40.8 Å². The van der Waals surface area contributed by atoms with E-state index in [0.29, 0.717) is 43.8 Å². The van der Waals surface area contributed by atoms with Gasteiger partial charge in [-0.25, -0.2) is 0 Å². The number of aryl methyl sites for hydroxylation is 1. The highest BCUT2D eigenvalue weighted by atomic mass is 16.5. The Morgan fingerprint density at radius 2 is 1.74 bits per heavy atom. The first-order chi connectivity index (χ1) is 24.1. The molecule has 0 unspecified atom stereocenters. The van der Waals surface area contributed by atoms with Crippen LogP contribution in [0.5, 0.6) is 5.75 Å². The average Bonchev–Trinajstić information content (AvgIpc) is 3.74. The molecular weight excluding hydrogens is 642 g/mol. The van der Waals surface area contributed by atoms with Gasteiger partial charge >= 0.3 is 0 Å². The molecule has 2 bridgehead atoms. The fourth-order valence-corrected chi connectivity index (χ4v) is 6.97. The van der Waals surface area contributed by atoms with Crippen LogP contribution >= 0.6 is 0 Å². The molecule has 0 spiro atoms. The summed E-state index contributed by atoms with van der Waals surface area (Å²) in [5, 5.41) is 22.7. The monoisotopic (exact) mass is 685 g/mol. The molecule has 4 aliphatic rings. The SMILES string of the molecule is C[C@@H]1NC(=O)[C@H]2CCCN2C(=O)[C@@H](Cc2ccccc2)NC(=O)COc2ccc(cc2)C[C@@H](C(=O)N2CCc3c(c(CO)nn3C)C2)NC1=O. The van der Waals surface area contributed by atoms with Gasteiger partial charge in [0.15, 0.2) is 6.61 Å². The van der Waals surface area contributed by atoms with Crippen LogP contribution in [-0.4, -0.2) is 98.1 Å². The van der Waals surface area contributed by atoms with Crippen molar-refractivity contribution in [3.63, 3.8) is 0 Å². The Morgan fingerprint density at radius 3 is 2.48 bits per heavy atom. The number of aromatic nitrogens is 2. The average molecular weight is 686 g/mol. The van der Waals surface area contributed by atoms with Gasteiger partial charge in [-0.3, -0.25) is 28.7 Å². The highest BCUT2D eigenvalue weighted by Gasteiger charge is 2.39. The second-order valence-electron chi connectivity index (χ2n) is 13.1. The number of carbonyl (C=O) groups is 5. The van der Waals surface area contributed by atoms with E-state index in [0.717, 1.165) is 22.4 Å². The molecule has 7 rings (SSSR count). The number of hydrogen-bond acceptors (Lipinski definition) is 8. The highest BCUT2D eigenvalue weighted by molar-refractivity contribution is 5.96. The van der Waals surface area contributed by atoms with Crippen LogP contribution in [0.25, 0.3) is 0 Å². The van der Waals surface area contributed by atoms with E-state index in [1.165, 1.54) is 4.90 Å². The van der Waals surface area contributed by atoms with E-state index in [-0.39, 0.29) is 38.5 Å². The molecule has 5 amide bonds. The lowest BCUT2D eigenvalue weighted by Crippen LogP contribution is -2.58. The van der Waals surface area contributed by atoms with Crippen molar-refractivity contribution in [2.24, 2.45) is 7.05 Å². The number of aliphatic hydroxyl groups excluding tert-OH is 1. The number of aliphatic hydroxyl groups is 1. The lowest BCUT2D eigenvalue weighted by Gasteiger charge is -2.32. The van der Waals surface area contributed by atoms with E-state index in [4.69, 9.17) is 4.74 Å². The standard InChI is InChI=1S/C36H43N7O7/c1-22-33(46)39-27(35(48)42-16-14-30-26(19-42)29(20-44)40-41(30)2)18-24-10-12-25(13-11-24)50-21-32(45)38-28(17-23-7-4-3-5-8-23)36(49)43-15-6-9-31(43)34(47)37-22/h3-5,7-8,10-13,22,27-28,31,44H,6,9,14-21H2,1-2H3,(H,37,47)(H,38,45)(H,39,46)/t22-,27-,28+,31+/m0/s1. The van der Waals surface area contributed by atoms with Crippen LogP contribution in [0.15, 0.2) is 54.6 Å². The first-order valence-corrected chi connectivity index (χ1v) is 17.0. The van der Waals surface area contributed by atoms with Crippen LogP contribution in [0.1, 0.15) is 47.8 Å². The molecule has 14 nitrogen and oxygen atoms in total. The lowest BCUT2D eigenvalue weighted by atomic mass is 10.0. The van der Waals surface area contributed by atoms with Crippen molar-refractivity contribution in [2.45, 2.75) is 76.3 Å². The maximum Gasteiger partial charge on any atom is 0.258 e. The summed E-state index contributed by atoms with van der Waals surface area (Å²) in [5.74, 6) is -1.81. The van der Waals surface area contributed by atoms with Crippen LogP contribution in [0.4, 0.5) is 0 Å². The minimum Gasteiger partial charge on any atom is -0.484 e. The normalized spacial score (nSPS) is 23.4. The molecule has 3 aromatic rings. The van der Waals surface area contributed by atoms with E-state index in [9.17, 15) is 29.1 Å². The Bertz CT molecular complexity index is 1740. The van der Waals surface area contributed by atoms with E-state index in [1.807, 2.05) is 37.4 Å². The first kappa shape index (κ1) is 34.6. The zero-order valence-electron chi connectivity index (χ0n) is 28.3. The highest BCUT2D eigenvalue weighted by Crippen LogP contribution is 2.24. The summed E-state index contributed by atoms with van der Waals surface area (Å²) >= 11 is 0. The molecule has 1 saturated heterocycles. The minimum absolute atomic E-state index is 0.154. The molecule has 14 heteroatoms. The van der Waals surface area contributed by atoms with Crippen LogP contribution < -0.4 is 20.7 Å². The zero-order chi connectivity index (χ0) is 35.4. The Kier molecular flexibility index (Phi) is 10.5. The molecular formula is C36H43N7O7. The number of rotatable bonds is 4. The van der Waals surface area contributed by atoms with Crippen LogP contribution in [0.2, 0.25) is 0 Å². The molecule has 1 aromatic heterocycles. The quantitative estimate of drug-likeness (QED) is 0.300. The van der Waals surface area contributed by atoms with Crippen LogP contribution in [0, 0.1) is 0 Å². The fraction of sp³-hybridized carbons (Fsp3) is 0.444. The maximum absolute atomic E-state index is 14.1. The smallest absolute Gasteiger partial charge is 0.258 e. The molecule has 4 N–H and O–H groups in total. The zero-order valence-corrected chi connectivity index (χ0v) is 28.3. The minimum atomic E-state index is -1.01. The van der Waals surface area contributed by atoms with Crippen molar-refractivity contribution in [1.82, 2.24) is 35.5 Å². The van der Waals surface area contributed by atoms with E-state index < -0.39 is 47.8 Å². The number of amides is 5. The Balaban J connectivity index is 1.25. The van der Waals surface area contributed by atoms with Gasteiger partial charge < -0.3 is 35.6 Å². The number of nitrogens with zero attached hydrogens (tertiary/aromatic N) is 4. The van der Waals surface area contributed by atoms with Crippen molar-refractivity contribution in [3.05, 3.63) is 82.7 Å². The summed E-state index contributed by atoms with van der Waals surface area (Å²) < 4.78 is 7.48. The second-order valence-corrected chi connectivity index (χ2v) is 13.1. The Labute approximate surface area is 290 Å². The summed E-state index contributed by atoms with van der Waals surface area (Å²) in [4.78, 5) is 71.4. The fourth-order valence-electron chi connectivity index (χ4n) is 6.97. The number of nitrogens with one attached hydrogen (secondary N) is 3. The van der Waals surface area contributed by atoms with Gasteiger partial charge in [0.05, 0.1) is 12.3 Å². The topological polar surface area (TPSA) is 175 Å². The van der Waals surface area contributed by atoms with Gasteiger partial charge in [-0.15, -0.1) is 0 Å². The largest absolute Gasteiger partial charge is 0.484 e. The Morgan fingerprint density at radius 1 is 0.980 bits per heavy atom. The molecule has 0 aliphatic carbocycles. The van der Waals surface area contributed by atoms with Crippen molar-refractivity contribution >= 4 is 29.5 Å². The molecule has 4 aliphatic heterocycles. The lowest BCUT2D eigenvalue weighted by molar-refractivity contribution is -0.142. The second kappa shape index (κ2) is 15.1. The van der Waals surface area contributed by atoms with Gasteiger partial charge in [0, 0.05) is 57.2 Å². The number of benzene rings is 2. The van der Waals surface area contributed by atoms with Gasteiger partial charge in [-0.1, -0.05) is 42.5 Å². The van der Waals surface area contributed by atoms with Crippen LogP contribution in [-0.2, 0) is 63.4 Å². The van der Waals surface area contributed by atoms with E-state index in [2.05, 4.69) is 21.0 Å². The summed E-state index contributed by atoms with van der Waals surface area (Å²) in [5.41, 5.74) is 3.84. The number of fused-ring (bicyclic) bond motifs is 14. The number of hydrogen-bond donors (Lipinski definition) is 4. The van der Waals surface area contributed by atoms with E-state index >= 15 is 0 Å². The summed E-state index contributed by atoms with van der Waals surface area (Å²) in [6, 6.07) is 12.4. The van der Waals surface area contributed by atoms with Crippen molar-refractivity contribution < 1.29 is 33.8 Å². The first-order valence-electron chi connectivity index (χ1n) is 17.0. The maximum atomic E-state index is 14.1. The van der Waals surface area contributed by atoms with Gasteiger partial charge in [0.2, 0.25) is 23.6 Å². The summed E-state index contributed by atoms with van der Waals surface area (Å²) in [6.45, 7) is 1.92. The molecule has 0 radical (unpaired) electrons. The molecule has 2 aromatic carbocycles. The predicted octanol–water partition coefficient (Wildman–Crippen LogP) is 0.140. The van der Waals surface area contributed by atoms with Crippen molar-refractivity contribution in [1.29, 1.82) is 0 Å². The summed E-state index contributed by atoms with van der Waals surface area (Å²) in [7, 11) is 1.81. The molecule has 5 heterocycles. The van der Waals surface area contributed by atoms with Crippen LogP contribution in [0.3, 0.4) is 0 Å². The molecule has 0 saturated carbocycles. The van der Waals surface area contributed by atoms with Gasteiger partial charge in [-0.05, 0) is 43.0 Å². The summed E-state index contributed by atoms with van der Waals surface area (Å²) in [6.07, 6.45) is 1.90. The third-order valence-corrected chi connectivity index (χ3v) is 9.64. The number of ether oxygens (including phenoxy) is 1. The third kappa shape index (κ3) is 7.65. The van der Waals surface area contributed by atoms with Crippen molar-refractivity contribution in [3.8, 4) is 5.75 Å². The third-order valence-electron chi connectivity index (χ3n) is 9.64. The molecule has 1 fully saturated rings. The van der Waals surface area contributed by atoms with Gasteiger partial charge in [0.25, 0.3) is 5.91 Å². The Hall–Kier alpha value is -5.24. The predicted molar refractivity (Wildman–Crippen MR) is 180 cm³/mol. The van der Waals surface area contributed by atoms with Crippen molar-refractivity contribution in [2.75, 3.05) is 19.7 Å². The van der Waals surface area contributed by atoms with Gasteiger partial charge in [-0.2, -0.15) is 5.10 Å². The molecule has 50 heavy (non-hydrogen) atoms. The molecule has 264 valence electrons.